The van der Waals surface area contributed by atoms with Gasteiger partial charge in [-0.05, 0) is 78.2 Å². The van der Waals surface area contributed by atoms with Gasteiger partial charge >= 0.3 is 0 Å². The van der Waals surface area contributed by atoms with Crippen LogP contribution in [0.15, 0.2) is 41.4 Å². The van der Waals surface area contributed by atoms with Crippen molar-refractivity contribution in [3.05, 3.63) is 53.6 Å². The smallest absolute Gasteiger partial charge is 0.211 e. The SMILES string of the molecule is CC12CCCC(C1)C(c1ccc(-c3cc(F)c(N=C=O)c(F)c3)cc1)CC2. The van der Waals surface area contributed by atoms with Gasteiger partial charge in [-0.2, -0.15) is 4.99 Å². The Balaban J connectivity index is 1.59. The molecule has 2 aromatic rings. The highest BCUT2D eigenvalue weighted by Crippen LogP contribution is 2.54. The first-order valence-corrected chi connectivity index (χ1v) is 9.66. The van der Waals surface area contributed by atoms with E-state index >= 15 is 0 Å². The highest BCUT2D eigenvalue weighted by atomic mass is 19.1. The summed E-state index contributed by atoms with van der Waals surface area (Å²) in [4.78, 5) is 13.4. The van der Waals surface area contributed by atoms with E-state index < -0.39 is 17.3 Å². The second kappa shape index (κ2) is 7.01. The van der Waals surface area contributed by atoms with Crippen LogP contribution in [0.3, 0.4) is 0 Å². The van der Waals surface area contributed by atoms with Crippen LogP contribution in [0.4, 0.5) is 14.5 Å². The summed E-state index contributed by atoms with van der Waals surface area (Å²) in [5.41, 5.74) is 2.46. The van der Waals surface area contributed by atoms with Crippen molar-refractivity contribution in [2.24, 2.45) is 16.3 Å². The number of fused-ring (bicyclic) bond motifs is 2. The van der Waals surface area contributed by atoms with E-state index in [2.05, 4.69) is 24.0 Å². The van der Waals surface area contributed by atoms with Crippen molar-refractivity contribution in [1.29, 1.82) is 0 Å². The van der Waals surface area contributed by atoms with E-state index in [0.717, 1.165) is 11.5 Å². The molecule has 140 valence electrons. The fourth-order valence-electron chi connectivity index (χ4n) is 5.18. The summed E-state index contributed by atoms with van der Waals surface area (Å²) >= 11 is 0. The minimum absolute atomic E-state index is 0.440. The molecular weight excluding hydrogens is 344 g/mol. The van der Waals surface area contributed by atoms with E-state index in [-0.39, 0.29) is 0 Å². The van der Waals surface area contributed by atoms with Crippen LogP contribution >= 0.6 is 0 Å². The molecule has 27 heavy (non-hydrogen) atoms. The predicted molar refractivity (Wildman–Crippen MR) is 102 cm³/mol. The minimum Gasteiger partial charge on any atom is -0.211 e. The zero-order chi connectivity index (χ0) is 19.0. The average molecular weight is 367 g/mol. The molecule has 0 spiro atoms. The number of nitrogens with zero attached hydrogens (tertiary/aromatic N) is 1. The number of hydrogen-bond donors (Lipinski definition) is 0. The van der Waals surface area contributed by atoms with Gasteiger partial charge in [0.25, 0.3) is 0 Å². The van der Waals surface area contributed by atoms with Gasteiger partial charge in [0.2, 0.25) is 6.08 Å². The van der Waals surface area contributed by atoms with Crippen LogP contribution in [0.5, 0.6) is 0 Å². The molecule has 4 rings (SSSR count). The number of benzene rings is 2. The number of hydrogen-bond acceptors (Lipinski definition) is 2. The van der Waals surface area contributed by atoms with Crippen molar-refractivity contribution in [2.75, 3.05) is 0 Å². The van der Waals surface area contributed by atoms with Crippen molar-refractivity contribution in [1.82, 2.24) is 0 Å². The molecule has 3 atom stereocenters. The van der Waals surface area contributed by atoms with Gasteiger partial charge in [-0.1, -0.05) is 37.6 Å². The molecule has 2 nitrogen and oxygen atoms in total. The van der Waals surface area contributed by atoms with Crippen molar-refractivity contribution >= 4 is 11.8 Å². The Morgan fingerprint density at radius 2 is 1.74 bits per heavy atom. The standard InChI is InChI=1S/C23H23F2NO/c1-23-9-2-3-17(13-23)19(8-10-23)16-6-4-15(5-7-16)18-11-20(24)22(26-14-27)21(25)12-18/h4-7,11-12,17,19H,2-3,8-10,13H2,1H3. The van der Waals surface area contributed by atoms with Gasteiger partial charge in [-0.3, -0.25) is 0 Å². The maximum atomic E-state index is 14.0. The number of halogens is 2. The summed E-state index contributed by atoms with van der Waals surface area (Å²) in [7, 11) is 0. The Morgan fingerprint density at radius 3 is 2.41 bits per heavy atom. The average Bonchev–Trinajstić information content (AvgIpc) is 2.65. The number of isocyanates is 1. The lowest BCUT2D eigenvalue weighted by molar-refractivity contribution is 0.0776. The molecule has 0 saturated heterocycles. The fourth-order valence-corrected chi connectivity index (χ4v) is 5.18. The van der Waals surface area contributed by atoms with Crippen LogP contribution in [0.25, 0.3) is 11.1 Å². The molecule has 2 fully saturated rings. The maximum absolute atomic E-state index is 14.0. The third-order valence-electron chi connectivity index (χ3n) is 6.58. The number of carbonyl (C=O) groups excluding carboxylic acids is 1. The highest BCUT2D eigenvalue weighted by molar-refractivity contribution is 5.67. The van der Waals surface area contributed by atoms with Gasteiger partial charge in [0.1, 0.15) is 5.69 Å². The van der Waals surface area contributed by atoms with Crippen molar-refractivity contribution in [3.8, 4) is 11.1 Å². The zero-order valence-electron chi connectivity index (χ0n) is 15.5. The second-order valence-electron chi connectivity index (χ2n) is 8.43. The topological polar surface area (TPSA) is 29.4 Å². The first-order chi connectivity index (χ1) is 13.0. The first kappa shape index (κ1) is 18.1. The molecule has 2 aliphatic carbocycles. The minimum atomic E-state index is -0.855. The third-order valence-corrected chi connectivity index (χ3v) is 6.58. The lowest BCUT2D eigenvalue weighted by Crippen LogP contribution is -2.34. The van der Waals surface area contributed by atoms with E-state index in [1.54, 1.807) is 0 Å². The summed E-state index contributed by atoms with van der Waals surface area (Å²) in [5, 5.41) is 0. The molecule has 2 saturated carbocycles. The fraction of sp³-hybridized carbons (Fsp3) is 0.435. The number of aliphatic imine (C=N–C) groups is 1. The molecule has 0 heterocycles. The molecular formula is C23H23F2NO. The van der Waals surface area contributed by atoms with E-state index in [4.69, 9.17) is 0 Å². The van der Waals surface area contributed by atoms with E-state index in [9.17, 15) is 13.6 Å². The molecule has 0 radical (unpaired) electrons. The molecule has 0 N–H and O–H groups in total. The van der Waals surface area contributed by atoms with Crippen LogP contribution in [0.2, 0.25) is 0 Å². The second-order valence-corrected chi connectivity index (χ2v) is 8.43. The zero-order valence-corrected chi connectivity index (χ0v) is 15.5. The van der Waals surface area contributed by atoms with Crippen molar-refractivity contribution < 1.29 is 13.6 Å². The molecule has 4 heteroatoms. The normalized spacial score (nSPS) is 27.1. The van der Waals surface area contributed by atoms with Crippen LogP contribution < -0.4 is 0 Å². The van der Waals surface area contributed by atoms with Gasteiger partial charge in [0.15, 0.2) is 11.6 Å². The quantitative estimate of drug-likeness (QED) is 0.440. The molecule has 2 aliphatic rings. The molecule has 0 aliphatic heterocycles. The van der Waals surface area contributed by atoms with Gasteiger partial charge in [-0.15, -0.1) is 0 Å². The first-order valence-electron chi connectivity index (χ1n) is 9.66. The highest BCUT2D eigenvalue weighted by Gasteiger charge is 2.40. The maximum Gasteiger partial charge on any atom is 0.240 e. The summed E-state index contributed by atoms with van der Waals surface area (Å²) in [6.07, 6.45) is 8.99. The largest absolute Gasteiger partial charge is 0.240 e. The Hall–Kier alpha value is -2.32. The van der Waals surface area contributed by atoms with Gasteiger partial charge in [0.05, 0.1) is 0 Å². The predicted octanol–water partition coefficient (Wildman–Crippen LogP) is 6.67. The Labute approximate surface area is 158 Å². The van der Waals surface area contributed by atoms with Crippen LogP contribution in [0, 0.1) is 23.0 Å². The van der Waals surface area contributed by atoms with E-state index in [1.807, 2.05) is 12.1 Å². The lowest BCUT2D eigenvalue weighted by atomic mass is 9.58. The van der Waals surface area contributed by atoms with E-state index in [0.29, 0.717) is 16.9 Å². The Bertz CT molecular complexity index is 878. The third kappa shape index (κ3) is 3.46. The monoisotopic (exact) mass is 367 g/mol. The molecule has 3 unspecified atom stereocenters. The Morgan fingerprint density at radius 1 is 1.04 bits per heavy atom. The summed E-state index contributed by atoms with van der Waals surface area (Å²) in [6, 6.07) is 10.5. The van der Waals surface area contributed by atoms with Gasteiger partial charge in [-0.25, -0.2) is 13.6 Å². The van der Waals surface area contributed by atoms with Gasteiger partial charge < -0.3 is 0 Å². The molecule has 0 aromatic heterocycles. The molecule has 2 aromatic carbocycles. The molecule has 2 bridgehead atoms. The lowest BCUT2D eigenvalue weighted by Gasteiger charge is -2.47. The summed E-state index contributed by atoms with van der Waals surface area (Å²) in [5.74, 6) is -0.374. The number of rotatable bonds is 3. The Kier molecular flexibility index (Phi) is 4.69. The van der Waals surface area contributed by atoms with Crippen LogP contribution in [-0.4, -0.2) is 6.08 Å². The summed E-state index contributed by atoms with van der Waals surface area (Å²) < 4.78 is 28.0. The van der Waals surface area contributed by atoms with Gasteiger partial charge in [0, 0.05) is 0 Å². The van der Waals surface area contributed by atoms with Crippen LogP contribution in [-0.2, 0) is 4.79 Å². The molecule has 0 amide bonds. The van der Waals surface area contributed by atoms with Crippen molar-refractivity contribution in [3.63, 3.8) is 0 Å². The van der Waals surface area contributed by atoms with E-state index in [1.165, 1.54) is 62.3 Å². The van der Waals surface area contributed by atoms with Crippen molar-refractivity contribution in [2.45, 2.75) is 51.4 Å². The van der Waals surface area contributed by atoms with Crippen LogP contribution in [0.1, 0.15) is 56.9 Å². The summed E-state index contributed by atoms with van der Waals surface area (Å²) in [6.45, 7) is 2.43.